The molecular weight excluding hydrogens is 264 g/mol. The van der Waals surface area contributed by atoms with Gasteiger partial charge in [0, 0.05) is 13.1 Å². The average molecular weight is 284 g/mol. The molecule has 0 aliphatic carbocycles. The van der Waals surface area contributed by atoms with E-state index in [-0.39, 0.29) is 19.7 Å². The zero-order valence-corrected chi connectivity index (χ0v) is 11.3. The Morgan fingerprint density at radius 1 is 1.25 bits per heavy atom. The Labute approximate surface area is 117 Å². The molecule has 7 heteroatoms. The van der Waals surface area contributed by atoms with Gasteiger partial charge in [-0.15, -0.1) is 0 Å². The van der Waals surface area contributed by atoms with Gasteiger partial charge in [-0.25, -0.2) is 0 Å². The molecule has 0 saturated carbocycles. The maximum atomic E-state index is 10.6. The van der Waals surface area contributed by atoms with Gasteiger partial charge < -0.3 is 30.7 Å². The van der Waals surface area contributed by atoms with E-state index < -0.39 is 18.1 Å². The van der Waals surface area contributed by atoms with Crippen LogP contribution in [0, 0.1) is 0 Å². The number of aliphatic hydroxyl groups excluding tert-OH is 2. The fourth-order valence-corrected chi connectivity index (χ4v) is 1.41. The largest absolute Gasteiger partial charge is 0.497 e. The molecule has 0 aliphatic heterocycles. The zero-order valence-electron chi connectivity index (χ0n) is 11.3. The standard InChI is InChI=1S/C13H20N2O5/c1-19-10-2-4-11(5-3-10)20-8-9(16)6-15-7-12(17)13(14)18/h2-5,9,12,15-17H,6-8H2,1H3,(H2,14,18). The van der Waals surface area contributed by atoms with Gasteiger partial charge in [-0.3, -0.25) is 4.79 Å². The Hall–Kier alpha value is -1.83. The molecule has 20 heavy (non-hydrogen) atoms. The van der Waals surface area contributed by atoms with E-state index in [0.29, 0.717) is 5.75 Å². The van der Waals surface area contributed by atoms with E-state index in [0.717, 1.165) is 5.75 Å². The summed E-state index contributed by atoms with van der Waals surface area (Å²) in [5, 5.41) is 21.5. The predicted octanol–water partition coefficient (Wildman–Crippen LogP) is -1.13. The monoisotopic (exact) mass is 284 g/mol. The lowest BCUT2D eigenvalue weighted by molar-refractivity contribution is -0.125. The Kier molecular flexibility index (Phi) is 6.78. The molecule has 0 bridgehead atoms. The summed E-state index contributed by atoms with van der Waals surface area (Å²) in [4.78, 5) is 10.6. The minimum atomic E-state index is -1.26. The molecule has 1 aromatic rings. The number of hydrogen-bond donors (Lipinski definition) is 4. The van der Waals surface area contributed by atoms with E-state index in [9.17, 15) is 9.90 Å². The number of benzene rings is 1. The summed E-state index contributed by atoms with van der Waals surface area (Å²) in [6.07, 6.45) is -2.03. The van der Waals surface area contributed by atoms with Gasteiger partial charge in [0.1, 0.15) is 30.3 Å². The number of nitrogens with two attached hydrogens (primary N) is 1. The van der Waals surface area contributed by atoms with Crippen molar-refractivity contribution in [2.75, 3.05) is 26.8 Å². The molecule has 2 atom stereocenters. The van der Waals surface area contributed by atoms with Gasteiger partial charge in [-0.05, 0) is 24.3 Å². The summed E-state index contributed by atoms with van der Waals surface area (Å²) in [6, 6.07) is 6.97. The number of nitrogens with one attached hydrogen (secondary N) is 1. The third kappa shape index (κ3) is 5.87. The first-order chi connectivity index (χ1) is 9.52. The van der Waals surface area contributed by atoms with Crippen LogP contribution >= 0.6 is 0 Å². The highest BCUT2D eigenvalue weighted by molar-refractivity contribution is 5.78. The lowest BCUT2D eigenvalue weighted by Crippen LogP contribution is -2.41. The average Bonchev–Trinajstić information content (AvgIpc) is 2.45. The fraction of sp³-hybridized carbons (Fsp3) is 0.462. The van der Waals surface area contributed by atoms with Crippen LogP contribution in [0.25, 0.3) is 0 Å². The van der Waals surface area contributed by atoms with Gasteiger partial charge in [-0.2, -0.15) is 0 Å². The number of hydrogen-bond acceptors (Lipinski definition) is 6. The van der Waals surface area contributed by atoms with E-state index in [2.05, 4.69) is 5.32 Å². The lowest BCUT2D eigenvalue weighted by Gasteiger charge is -2.14. The molecule has 0 fully saturated rings. The number of aliphatic hydroxyl groups is 2. The number of carbonyl (C=O) groups excluding carboxylic acids is 1. The van der Waals surface area contributed by atoms with Crippen molar-refractivity contribution in [1.29, 1.82) is 0 Å². The van der Waals surface area contributed by atoms with Crippen molar-refractivity contribution >= 4 is 5.91 Å². The van der Waals surface area contributed by atoms with Crippen molar-refractivity contribution in [3.8, 4) is 11.5 Å². The number of rotatable bonds is 9. The Morgan fingerprint density at radius 2 is 1.85 bits per heavy atom. The number of amides is 1. The third-order valence-electron chi connectivity index (χ3n) is 2.55. The second-order valence-corrected chi connectivity index (χ2v) is 4.22. The minimum absolute atomic E-state index is 0.00503. The van der Waals surface area contributed by atoms with E-state index in [1.807, 2.05) is 0 Å². The Balaban J connectivity index is 2.22. The minimum Gasteiger partial charge on any atom is -0.497 e. The van der Waals surface area contributed by atoms with E-state index in [4.69, 9.17) is 20.3 Å². The summed E-state index contributed by atoms with van der Waals surface area (Å²) in [7, 11) is 1.58. The van der Waals surface area contributed by atoms with Crippen molar-refractivity contribution in [2.24, 2.45) is 5.73 Å². The topological polar surface area (TPSA) is 114 Å². The molecule has 0 saturated heterocycles. The Bertz CT molecular complexity index is 410. The fourth-order valence-electron chi connectivity index (χ4n) is 1.41. The molecule has 0 spiro atoms. The summed E-state index contributed by atoms with van der Waals surface area (Å²) in [6.45, 7) is 0.265. The molecule has 112 valence electrons. The molecule has 2 unspecified atom stereocenters. The molecule has 0 radical (unpaired) electrons. The van der Waals surface area contributed by atoms with Crippen molar-refractivity contribution in [3.63, 3.8) is 0 Å². The van der Waals surface area contributed by atoms with E-state index in [1.54, 1.807) is 31.4 Å². The van der Waals surface area contributed by atoms with Crippen molar-refractivity contribution < 1.29 is 24.5 Å². The zero-order chi connectivity index (χ0) is 15.0. The number of carbonyl (C=O) groups is 1. The highest BCUT2D eigenvalue weighted by Crippen LogP contribution is 2.16. The summed E-state index contributed by atoms with van der Waals surface area (Å²) < 4.78 is 10.4. The number of methoxy groups -OCH3 is 1. The van der Waals surface area contributed by atoms with Crippen molar-refractivity contribution in [1.82, 2.24) is 5.32 Å². The molecular formula is C13H20N2O5. The summed E-state index contributed by atoms with van der Waals surface area (Å²) in [5.74, 6) is 0.531. The molecule has 7 nitrogen and oxygen atoms in total. The van der Waals surface area contributed by atoms with Crippen LogP contribution in [0.3, 0.4) is 0 Å². The molecule has 0 aromatic heterocycles. The maximum Gasteiger partial charge on any atom is 0.247 e. The predicted molar refractivity (Wildman–Crippen MR) is 72.6 cm³/mol. The second-order valence-electron chi connectivity index (χ2n) is 4.22. The SMILES string of the molecule is COc1ccc(OCC(O)CNCC(O)C(N)=O)cc1. The summed E-state index contributed by atoms with van der Waals surface area (Å²) in [5.41, 5.74) is 4.88. The molecule has 1 aromatic carbocycles. The van der Waals surface area contributed by atoms with Crippen LogP contribution in [0.1, 0.15) is 0 Å². The van der Waals surface area contributed by atoms with Gasteiger partial charge >= 0.3 is 0 Å². The van der Waals surface area contributed by atoms with Crippen LogP contribution in [0.5, 0.6) is 11.5 Å². The van der Waals surface area contributed by atoms with Crippen LogP contribution in [0.4, 0.5) is 0 Å². The van der Waals surface area contributed by atoms with Gasteiger partial charge in [0.25, 0.3) is 0 Å². The van der Waals surface area contributed by atoms with E-state index >= 15 is 0 Å². The first kappa shape index (κ1) is 16.2. The quantitative estimate of drug-likeness (QED) is 0.456. The van der Waals surface area contributed by atoms with Crippen LogP contribution in [-0.2, 0) is 4.79 Å². The van der Waals surface area contributed by atoms with Crippen molar-refractivity contribution in [2.45, 2.75) is 12.2 Å². The van der Waals surface area contributed by atoms with Gasteiger partial charge in [-0.1, -0.05) is 0 Å². The van der Waals surface area contributed by atoms with E-state index in [1.165, 1.54) is 0 Å². The lowest BCUT2D eigenvalue weighted by atomic mass is 10.3. The first-order valence-electron chi connectivity index (χ1n) is 6.16. The highest BCUT2D eigenvalue weighted by atomic mass is 16.5. The van der Waals surface area contributed by atoms with Gasteiger partial charge in [0.2, 0.25) is 5.91 Å². The third-order valence-corrected chi connectivity index (χ3v) is 2.55. The molecule has 1 rings (SSSR count). The Morgan fingerprint density at radius 3 is 2.40 bits per heavy atom. The molecule has 0 aliphatic rings. The van der Waals surface area contributed by atoms with Crippen LogP contribution in [0.2, 0.25) is 0 Å². The second kappa shape index (κ2) is 8.36. The maximum absolute atomic E-state index is 10.6. The van der Waals surface area contributed by atoms with Gasteiger partial charge in [0.15, 0.2) is 0 Å². The highest BCUT2D eigenvalue weighted by Gasteiger charge is 2.11. The van der Waals surface area contributed by atoms with Crippen LogP contribution in [-0.4, -0.2) is 55.1 Å². The molecule has 5 N–H and O–H groups in total. The van der Waals surface area contributed by atoms with Crippen molar-refractivity contribution in [3.05, 3.63) is 24.3 Å². The molecule has 1 amide bonds. The van der Waals surface area contributed by atoms with Crippen LogP contribution < -0.4 is 20.5 Å². The number of primary amides is 1. The smallest absolute Gasteiger partial charge is 0.247 e. The first-order valence-corrected chi connectivity index (χ1v) is 6.16. The van der Waals surface area contributed by atoms with Crippen LogP contribution in [0.15, 0.2) is 24.3 Å². The normalized spacial score (nSPS) is 13.6. The number of ether oxygens (including phenoxy) is 2. The molecule has 0 heterocycles. The summed E-state index contributed by atoms with van der Waals surface area (Å²) >= 11 is 0. The van der Waals surface area contributed by atoms with Gasteiger partial charge in [0.05, 0.1) is 7.11 Å².